The van der Waals surface area contributed by atoms with Crippen LogP contribution in [0, 0.1) is 3.57 Å². The Hall–Kier alpha value is -0.560. The van der Waals surface area contributed by atoms with E-state index in [0.717, 1.165) is 15.7 Å². The molecule has 0 aliphatic heterocycles. The fraction of sp³-hybridized carbons (Fsp3) is 0.273. The van der Waals surface area contributed by atoms with Crippen molar-refractivity contribution in [1.82, 2.24) is 0 Å². The molecular formula is C11H10F3IO. The zero-order valence-electron chi connectivity index (χ0n) is 8.35. The molecule has 0 atom stereocenters. The van der Waals surface area contributed by atoms with Gasteiger partial charge in [0.25, 0.3) is 0 Å². The average molecular weight is 342 g/mol. The van der Waals surface area contributed by atoms with E-state index in [0.29, 0.717) is 12.2 Å². The highest BCUT2D eigenvalue weighted by molar-refractivity contribution is 14.1. The molecule has 0 bridgehead atoms. The molecule has 0 unspecified atom stereocenters. The molecule has 0 aliphatic carbocycles. The van der Waals surface area contributed by atoms with Gasteiger partial charge in [-0.25, -0.2) is 0 Å². The second-order valence-corrected chi connectivity index (χ2v) is 4.27. The van der Waals surface area contributed by atoms with Crippen LogP contribution in [-0.2, 0) is 17.5 Å². The fourth-order valence-electron chi connectivity index (χ4n) is 1.11. The summed E-state index contributed by atoms with van der Waals surface area (Å²) < 4.78 is 43.2. The second-order valence-electron chi connectivity index (χ2n) is 3.11. The van der Waals surface area contributed by atoms with Gasteiger partial charge >= 0.3 is 6.18 Å². The minimum atomic E-state index is -4.31. The van der Waals surface area contributed by atoms with Crippen molar-refractivity contribution in [1.29, 1.82) is 0 Å². The molecule has 0 saturated heterocycles. The lowest BCUT2D eigenvalue weighted by atomic mass is 10.1. The quantitative estimate of drug-likeness (QED) is 0.456. The van der Waals surface area contributed by atoms with E-state index in [9.17, 15) is 13.2 Å². The third kappa shape index (κ3) is 3.79. The van der Waals surface area contributed by atoms with E-state index in [-0.39, 0.29) is 6.61 Å². The topological polar surface area (TPSA) is 9.23 Å². The molecule has 88 valence electrons. The molecule has 0 amide bonds. The maximum Gasteiger partial charge on any atom is 0.416 e. The van der Waals surface area contributed by atoms with Crippen LogP contribution in [0.15, 0.2) is 30.9 Å². The van der Waals surface area contributed by atoms with Gasteiger partial charge in [-0.3, -0.25) is 0 Å². The average Bonchev–Trinajstić information content (AvgIpc) is 2.19. The number of halogens is 4. The summed E-state index contributed by atoms with van der Waals surface area (Å²) in [5.74, 6) is 0. The lowest BCUT2D eigenvalue weighted by Crippen LogP contribution is -2.06. The first-order valence-electron chi connectivity index (χ1n) is 4.49. The molecule has 0 N–H and O–H groups in total. The molecule has 0 heterocycles. The zero-order chi connectivity index (χ0) is 12.2. The molecule has 0 aliphatic rings. The Labute approximate surface area is 105 Å². The Morgan fingerprint density at radius 3 is 2.62 bits per heavy atom. The monoisotopic (exact) mass is 342 g/mol. The number of benzene rings is 1. The van der Waals surface area contributed by atoms with Crippen molar-refractivity contribution in [2.45, 2.75) is 12.8 Å². The van der Waals surface area contributed by atoms with E-state index >= 15 is 0 Å². The Bertz CT molecular complexity index is 374. The van der Waals surface area contributed by atoms with Gasteiger partial charge in [0.05, 0.1) is 18.8 Å². The van der Waals surface area contributed by atoms with Gasteiger partial charge in [-0.2, -0.15) is 13.2 Å². The van der Waals surface area contributed by atoms with Gasteiger partial charge in [0.2, 0.25) is 0 Å². The molecule has 1 aromatic carbocycles. The van der Waals surface area contributed by atoms with Crippen molar-refractivity contribution in [2.75, 3.05) is 6.61 Å². The van der Waals surface area contributed by atoms with Gasteiger partial charge in [-0.15, -0.1) is 6.58 Å². The van der Waals surface area contributed by atoms with Crippen LogP contribution in [0.3, 0.4) is 0 Å². The summed E-state index contributed by atoms with van der Waals surface area (Å²) in [5.41, 5.74) is -0.109. The lowest BCUT2D eigenvalue weighted by Gasteiger charge is -2.10. The van der Waals surface area contributed by atoms with Crippen LogP contribution in [0.25, 0.3) is 0 Å². The summed E-state index contributed by atoms with van der Waals surface area (Å²) in [6, 6.07) is 3.62. The summed E-state index contributed by atoms with van der Waals surface area (Å²) >= 11 is 1.98. The van der Waals surface area contributed by atoms with Crippen molar-refractivity contribution in [3.05, 3.63) is 45.6 Å². The first-order valence-corrected chi connectivity index (χ1v) is 5.57. The molecule has 16 heavy (non-hydrogen) atoms. The van der Waals surface area contributed by atoms with Crippen LogP contribution in [0.1, 0.15) is 11.1 Å². The SMILES string of the molecule is C=CCOCc1cc(C(F)(F)F)ccc1I. The van der Waals surface area contributed by atoms with Crippen LogP contribution >= 0.6 is 22.6 Å². The van der Waals surface area contributed by atoms with Crippen molar-refractivity contribution >= 4 is 22.6 Å². The number of alkyl halides is 3. The standard InChI is InChI=1S/C11H10F3IO/c1-2-5-16-7-8-6-9(11(12,13)14)3-4-10(8)15/h2-4,6H,1,5,7H2. The molecule has 0 aromatic heterocycles. The number of hydrogen-bond donors (Lipinski definition) is 0. The third-order valence-corrected chi connectivity index (χ3v) is 2.92. The van der Waals surface area contributed by atoms with Crippen LogP contribution in [-0.4, -0.2) is 6.61 Å². The summed E-state index contributed by atoms with van der Waals surface area (Å²) in [6.45, 7) is 3.95. The van der Waals surface area contributed by atoms with E-state index in [1.165, 1.54) is 6.07 Å². The molecule has 1 rings (SSSR count). The Balaban J connectivity index is 2.86. The highest BCUT2D eigenvalue weighted by Crippen LogP contribution is 2.31. The van der Waals surface area contributed by atoms with Gasteiger partial charge in [-0.1, -0.05) is 6.08 Å². The summed E-state index contributed by atoms with van der Waals surface area (Å²) in [6.07, 6.45) is -2.75. The van der Waals surface area contributed by atoms with Crippen LogP contribution in [0.4, 0.5) is 13.2 Å². The first-order chi connectivity index (χ1) is 7.45. The fourth-order valence-corrected chi connectivity index (χ4v) is 1.61. The largest absolute Gasteiger partial charge is 0.416 e. The van der Waals surface area contributed by atoms with E-state index in [4.69, 9.17) is 4.74 Å². The smallest absolute Gasteiger partial charge is 0.373 e. The normalized spacial score (nSPS) is 11.5. The summed E-state index contributed by atoms with van der Waals surface area (Å²) in [4.78, 5) is 0. The van der Waals surface area contributed by atoms with E-state index in [1.54, 1.807) is 6.08 Å². The summed E-state index contributed by atoms with van der Waals surface area (Å²) in [7, 11) is 0. The molecule has 0 radical (unpaired) electrons. The third-order valence-electron chi connectivity index (χ3n) is 1.87. The molecule has 1 aromatic rings. The molecule has 0 spiro atoms. The number of hydrogen-bond acceptors (Lipinski definition) is 1. The summed E-state index contributed by atoms with van der Waals surface area (Å²) in [5, 5.41) is 0. The predicted octanol–water partition coefficient (Wildman–Crippen LogP) is 4.01. The predicted molar refractivity (Wildman–Crippen MR) is 64.0 cm³/mol. The van der Waals surface area contributed by atoms with Crippen LogP contribution in [0.2, 0.25) is 0 Å². The molecule has 5 heteroatoms. The maximum atomic E-state index is 12.4. The van der Waals surface area contributed by atoms with E-state index < -0.39 is 11.7 Å². The molecule has 0 fully saturated rings. The van der Waals surface area contributed by atoms with Crippen molar-refractivity contribution in [3.8, 4) is 0 Å². The van der Waals surface area contributed by atoms with Gasteiger partial charge in [0, 0.05) is 3.57 Å². The Morgan fingerprint density at radius 2 is 2.06 bits per heavy atom. The van der Waals surface area contributed by atoms with Gasteiger partial charge < -0.3 is 4.74 Å². The van der Waals surface area contributed by atoms with Gasteiger partial charge in [0.1, 0.15) is 0 Å². The Kier molecular flexibility index (Phi) is 4.79. The molecular weight excluding hydrogens is 332 g/mol. The van der Waals surface area contributed by atoms with Crippen LogP contribution in [0.5, 0.6) is 0 Å². The van der Waals surface area contributed by atoms with Gasteiger partial charge in [0.15, 0.2) is 0 Å². The zero-order valence-corrected chi connectivity index (χ0v) is 10.5. The van der Waals surface area contributed by atoms with Crippen molar-refractivity contribution in [2.24, 2.45) is 0 Å². The highest BCUT2D eigenvalue weighted by Gasteiger charge is 2.30. The van der Waals surface area contributed by atoms with E-state index in [1.807, 2.05) is 22.6 Å². The van der Waals surface area contributed by atoms with Crippen LogP contribution < -0.4 is 0 Å². The Morgan fingerprint density at radius 1 is 1.38 bits per heavy atom. The first kappa shape index (κ1) is 13.5. The molecule has 0 saturated carbocycles. The lowest BCUT2D eigenvalue weighted by molar-refractivity contribution is -0.137. The second kappa shape index (κ2) is 5.67. The van der Waals surface area contributed by atoms with E-state index in [2.05, 4.69) is 6.58 Å². The minimum absolute atomic E-state index is 0.161. The van der Waals surface area contributed by atoms with Crippen molar-refractivity contribution in [3.63, 3.8) is 0 Å². The molecule has 1 nitrogen and oxygen atoms in total. The highest BCUT2D eigenvalue weighted by atomic mass is 127. The minimum Gasteiger partial charge on any atom is -0.373 e. The number of ether oxygens (including phenoxy) is 1. The van der Waals surface area contributed by atoms with Crippen molar-refractivity contribution < 1.29 is 17.9 Å². The maximum absolute atomic E-state index is 12.4. The number of rotatable bonds is 4. The van der Waals surface area contributed by atoms with Gasteiger partial charge in [-0.05, 0) is 46.4 Å².